The van der Waals surface area contributed by atoms with Crippen LogP contribution in [0.3, 0.4) is 0 Å². The zero-order chi connectivity index (χ0) is 15.5. The molecule has 0 spiro atoms. The third kappa shape index (κ3) is 1.95. The van der Waals surface area contributed by atoms with E-state index < -0.39 is 39.0 Å². The number of phosphoric ester groups is 1. The van der Waals surface area contributed by atoms with Crippen molar-refractivity contribution in [3.05, 3.63) is 12.7 Å². The van der Waals surface area contributed by atoms with E-state index in [0.717, 1.165) is 0 Å². The molecule has 2 aromatic heterocycles. The molecule has 0 amide bonds. The van der Waals surface area contributed by atoms with E-state index in [4.69, 9.17) is 19.5 Å². The zero-order valence-electron chi connectivity index (χ0n) is 11.0. The van der Waals surface area contributed by atoms with Crippen LogP contribution >= 0.6 is 7.82 Å². The third-order valence-corrected chi connectivity index (χ3v) is 4.63. The van der Waals surface area contributed by atoms with Crippen molar-refractivity contribution in [1.82, 2.24) is 19.5 Å². The first-order chi connectivity index (χ1) is 10.5. The predicted molar refractivity (Wildman–Crippen MR) is 68.1 cm³/mol. The van der Waals surface area contributed by atoms with E-state index in [2.05, 4.69) is 15.0 Å². The molecular weight excluding hydrogens is 317 g/mol. The summed E-state index contributed by atoms with van der Waals surface area (Å²) in [7, 11) is -4.41. The number of imidazole rings is 1. The molecule has 0 saturated carbocycles. The van der Waals surface area contributed by atoms with Crippen molar-refractivity contribution in [2.45, 2.75) is 24.5 Å². The molecule has 2 fully saturated rings. The minimum atomic E-state index is -4.41. The molecule has 1 unspecified atom stereocenters. The topological polar surface area (TPSA) is 158 Å². The molecule has 5 atom stereocenters. The Labute approximate surface area is 123 Å². The Kier molecular flexibility index (Phi) is 2.98. The highest BCUT2D eigenvalue weighted by Crippen LogP contribution is 2.55. The van der Waals surface area contributed by atoms with Crippen LogP contribution in [0.5, 0.6) is 0 Å². The molecule has 2 aliphatic heterocycles. The molecule has 0 radical (unpaired) electrons. The van der Waals surface area contributed by atoms with Gasteiger partial charge in [0, 0.05) is 0 Å². The first-order valence-electron chi connectivity index (χ1n) is 6.37. The molecule has 0 bridgehead atoms. The van der Waals surface area contributed by atoms with Crippen LogP contribution in [0.4, 0.5) is 5.82 Å². The van der Waals surface area contributed by atoms with Crippen LogP contribution in [-0.4, -0.2) is 49.5 Å². The molecule has 4 heterocycles. The van der Waals surface area contributed by atoms with Crippen molar-refractivity contribution >= 4 is 24.8 Å². The summed E-state index contributed by atoms with van der Waals surface area (Å²) < 4.78 is 28.4. The van der Waals surface area contributed by atoms with Gasteiger partial charge in [-0.3, -0.25) is 9.13 Å². The van der Waals surface area contributed by atoms with E-state index in [1.807, 2.05) is 0 Å². The van der Waals surface area contributed by atoms with Gasteiger partial charge in [-0.15, -0.1) is 0 Å². The number of aromatic nitrogens is 4. The summed E-state index contributed by atoms with van der Waals surface area (Å²) in [6.07, 6.45) is -0.906. The van der Waals surface area contributed by atoms with Gasteiger partial charge in [0.05, 0.1) is 12.9 Å². The molecule has 0 aromatic carbocycles. The lowest BCUT2D eigenvalue weighted by atomic mass is 10.1. The maximum absolute atomic E-state index is 11.5. The Hall–Kier alpha value is -1.62. The minimum absolute atomic E-state index is 0.190. The molecule has 4 rings (SSSR count). The SMILES string of the molecule is Nc1ncnc2c1ncn2[C@@H]1O[C@H](CO)[C@@H]2OP(=O)([O-])O[C@@H]21. The van der Waals surface area contributed by atoms with Gasteiger partial charge in [-0.1, -0.05) is 0 Å². The van der Waals surface area contributed by atoms with Gasteiger partial charge in [-0.25, -0.2) is 15.0 Å². The van der Waals surface area contributed by atoms with E-state index >= 15 is 0 Å². The average Bonchev–Trinajstić information content (AvgIpc) is 3.10. The number of phosphoric acid groups is 1. The lowest BCUT2D eigenvalue weighted by Crippen LogP contribution is -2.30. The summed E-state index contributed by atoms with van der Waals surface area (Å²) in [5.41, 5.74) is 6.44. The summed E-state index contributed by atoms with van der Waals surface area (Å²) in [4.78, 5) is 23.5. The highest BCUT2D eigenvalue weighted by Gasteiger charge is 2.54. The Morgan fingerprint density at radius 3 is 2.91 bits per heavy atom. The van der Waals surface area contributed by atoms with E-state index in [1.54, 1.807) is 0 Å². The monoisotopic (exact) mass is 328 g/mol. The largest absolute Gasteiger partial charge is 0.756 e. The first-order valence-corrected chi connectivity index (χ1v) is 7.83. The number of nitrogens with two attached hydrogens (primary N) is 1. The second-order valence-electron chi connectivity index (χ2n) is 4.92. The number of nitrogens with zero attached hydrogens (tertiary/aromatic N) is 4. The molecule has 118 valence electrons. The smallest absolute Gasteiger partial charge is 0.268 e. The number of hydrogen-bond donors (Lipinski definition) is 2. The molecule has 3 N–H and O–H groups in total. The van der Waals surface area contributed by atoms with Crippen LogP contribution in [0.2, 0.25) is 0 Å². The maximum Gasteiger partial charge on any atom is 0.268 e. The number of anilines is 1. The number of aliphatic hydroxyl groups excluding tert-OH is 1. The normalized spacial score (nSPS) is 37.7. The predicted octanol–water partition coefficient (Wildman–Crippen LogP) is -1.45. The Balaban J connectivity index is 1.78. The van der Waals surface area contributed by atoms with Crippen LogP contribution in [0, 0.1) is 0 Å². The summed E-state index contributed by atoms with van der Waals surface area (Å²) in [5, 5.41) is 9.33. The van der Waals surface area contributed by atoms with Gasteiger partial charge in [0.25, 0.3) is 7.82 Å². The minimum Gasteiger partial charge on any atom is -0.756 e. The lowest BCUT2D eigenvalue weighted by molar-refractivity contribution is -0.222. The molecule has 2 aromatic rings. The molecule has 12 heteroatoms. The van der Waals surface area contributed by atoms with Gasteiger partial charge in [0.15, 0.2) is 17.7 Å². The van der Waals surface area contributed by atoms with Crippen LogP contribution in [0.25, 0.3) is 11.2 Å². The van der Waals surface area contributed by atoms with Gasteiger partial charge in [0.1, 0.15) is 30.2 Å². The molecule has 0 aliphatic carbocycles. The molecular formula is C10H11N5O6P-. The quantitative estimate of drug-likeness (QED) is 0.625. The van der Waals surface area contributed by atoms with Crippen LogP contribution in [-0.2, 0) is 18.3 Å². The number of nitrogen functional groups attached to an aromatic ring is 1. The van der Waals surface area contributed by atoms with Crippen molar-refractivity contribution in [3.63, 3.8) is 0 Å². The van der Waals surface area contributed by atoms with Gasteiger partial charge >= 0.3 is 0 Å². The van der Waals surface area contributed by atoms with Crippen LogP contribution in [0.1, 0.15) is 6.23 Å². The number of aliphatic hydroxyl groups is 1. The Morgan fingerprint density at radius 2 is 2.14 bits per heavy atom. The summed E-state index contributed by atoms with van der Waals surface area (Å²) in [6.45, 7) is -0.412. The fraction of sp³-hybridized carbons (Fsp3) is 0.500. The van der Waals surface area contributed by atoms with E-state index in [9.17, 15) is 14.6 Å². The van der Waals surface area contributed by atoms with Gasteiger partial charge in [-0.2, -0.15) is 0 Å². The maximum atomic E-state index is 11.5. The summed E-state index contributed by atoms with van der Waals surface area (Å²) >= 11 is 0. The third-order valence-electron chi connectivity index (χ3n) is 3.63. The lowest BCUT2D eigenvalue weighted by Gasteiger charge is -2.22. The fourth-order valence-electron chi connectivity index (χ4n) is 2.70. The highest BCUT2D eigenvalue weighted by atomic mass is 31.2. The number of hydrogen-bond acceptors (Lipinski definition) is 10. The molecule has 11 nitrogen and oxygen atoms in total. The Morgan fingerprint density at radius 1 is 1.36 bits per heavy atom. The van der Waals surface area contributed by atoms with E-state index in [-0.39, 0.29) is 5.82 Å². The fourth-order valence-corrected chi connectivity index (χ4v) is 3.82. The van der Waals surface area contributed by atoms with Crippen molar-refractivity contribution < 1.29 is 28.3 Å². The van der Waals surface area contributed by atoms with Gasteiger partial charge in [-0.05, 0) is 0 Å². The van der Waals surface area contributed by atoms with E-state index in [0.29, 0.717) is 11.2 Å². The van der Waals surface area contributed by atoms with Crippen molar-refractivity contribution in [1.29, 1.82) is 0 Å². The van der Waals surface area contributed by atoms with Crippen molar-refractivity contribution in [2.75, 3.05) is 12.3 Å². The second-order valence-corrected chi connectivity index (χ2v) is 6.23. The van der Waals surface area contributed by atoms with Crippen LogP contribution in [0.15, 0.2) is 12.7 Å². The van der Waals surface area contributed by atoms with Crippen LogP contribution < -0.4 is 10.6 Å². The average molecular weight is 328 g/mol. The zero-order valence-corrected chi connectivity index (χ0v) is 11.9. The summed E-state index contributed by atoms with van der Waals surface area (Å²) in [6, 6.07) is 0. The van der Waals surface area contributed by atoms with Crippen molar-refractivity contribution in [2.24, 2.45) is 0 Å². The van der Waals surface area contributed by atoms with Gasteiger partial charge in [0.2, 0.25) is 0 Å². The molecule has 22 heavy (non-hydrogen) atoms. The van der Waals surface area contributed by atoms with Crippen molar-refractivity contribution in [3.8, 4) is 0 Å². The second kappa shape index (κ2) is 4.69. The summed E-state index contributed by atoms with van der Waals surface area (Å²) in [5.74, 6) is 0.190. The number of ether oxygens (including phenoxy) is 1. The van der Waals surface area contributed by atoms with E-state index in [1.165, 1.54) is 17.2 Å². The highest BCUT2D eigenvalue weighted by molar-refractivity contribution is 7.46. The number of fused-ring (bicyclic) bond motifs is 2. The number of rotatable bonds is 2. The first kappa shape index (κ1) is 14.0. The molecule has 2 aliphatic rings. The Bertz CT molecular complexity index is 782. The van der Waals surface area contributed by atoms with Gasteiger partial charge < -0.3 is 29.5 Å². The standard InChI is InChI=1S/C10H12N5O6P/c11-8-5-9(13-2-12-8)15(3-14-5)10-7-6(4(1-16)19-10)20-22(17,18)21-7/h2-4,6-7,10,16H,1H2,(H,17,18)(H2,11,12,13)/p-1/t4-,6+,7+,10-/m1/s1. The molecule has 2 saturated heterocycles.